The summed E-state index contributed by atoms with van der Waals surface area (Å²) in [6, 6.07) is 10.9. The molecule has 0 radical (unpaired) electrons. The van der Waals surface area contributed by atoms with E-state index in [0.717, 1.165) is 29.1 Å². The van der Waals surface area contributed by atoms with Crippen LogP contribution in [0.3, 0.4) is 0 Å². The minimum Gasteiger partial charge on any atom is -0.493 e. The highest BCUT2D eigenvalue weighted by Gasteiger charge is 2.30. The Morgan fingerprint density at radius 3 is 2.59 bits per heavy atom. The van der Waals surface area contributed by atoms with Crippen LogP contribution in [0.25, 0.3) is 0 Å². The molecule has 32 heavy (non-hydrogen) atoms. The average molecular weight is 453 g/mol. The summed E-state index contributed by atoms with van der Waals surface area (Å²) in [6.45, 7) is 4.48. The van der Waals surface area contributed by atoms with Crippen molar-refractivity contribution in [3.63, 3.8) is 0 Å². The summed E-state index contributed by atoms with van der Waals surface area (Å²) >= 11 is 0. The van der Waals surface area contributed by atoms with E-state index in [1.165, 1.54) is 10.6 Å². The van der Waals surface area contributed by atoms with Crippen LogP contribution in [0.4, 0.5) is 17.5 Å². The Labute approximate surface area is 187 Å². The first-order chi connectivity index (χ1) is 15.5. The van der Waals surface area contributed by atoms with Gasteiger partial charge in [0.25, 0.3) is 0 Å². The SMILES string of the molecule is Cc1ccnc(Nc2cc(N3CCN(S(=O)(=O)c4ccc5c(c4)CCO5)CC3)ncn2)c1. The fourth-order valence-corrected chi connectivity index (χ4v) is 5.43. The van der Waals surface area contributed by atoms with E-state index in [9.17, 15) is 8.42 Å². The second kappa shape index (κ2) is 8.36. The zero-order valence-electron chi connectivity index (χ0n) is 17.7. The summed E-state index contributed by atoms with van der Waals surface area (Å²) in [4.78, 5) is 15.4. The van der Waals surface area contributed by atoms with Crippen molar-refractivity contribution < 1.29 is 13.2 Å². The normalized spacial score (nSPS) is 16.5. The molecule has 2 aromatic heterocycles. The quantitative estimate of drug-likeness (QED) is 0.630. The third-order valence-electron chi connectivity index (χ3n) is 5.69. The molecule has 4 heterocycles. The Balaban J connectivity index is 1.26. The lowest BCUT2D eigenvalue weighted by Crippen LogP contribution is -2.48. The number of pyridine rings is 1. The van der Waals surface area contributed by atoms with Crippen LogP contribution < -0.4 is 15.0 Å². The summed E-state index contributed by atoms with van der Waals surface area (Å²) < 4.78 is 33.3. The fourth-order valence-electron chi connectivity index (χ4n) is 3.95. The Bertz CT molecular complexity index is 1240. The Kier molecular flexibility index (Phi) is 5.40. The Morgan fingerprint density at radius 2 is 1.78 bits per heavy atom. The lowest BCUT2D eigenvalue weighted by Gasteiger charge is -2.34. The lowest BCUT2D eigenvalue weighted by molar-refractivity contribution is 0.356. The minimum atomic E-state index is -3.54. The number of hydrogen-bond acceptors (Lipinski definition) is 8. The third kappa shape index (κ3) is 4.11. The van der Waals surface area contributed by atoms with Crippen molar-refractivity contribution in [2.24, 2.45) is 0 Å². The molecule has 1 fully saturated rings. The zero-order chi connectivity index (χ0) is 22.1. The molecule has 5 rings (SSSR count). The first kappa shape index (κ1) is 20.7. The van der Waals surface area contributed by atoms with Gasteiger partial charge in [0.1, 0.15) is 29.5 Å². The molecule has 0 spiro atoms. The predicted octanol–water partition coefficient (Wildman–Crippen LogP) is 2.37. The standard InChI is InChI=1S/C22H24N6O3S/c1-16-4-6-23-20(12-16)26-21-14-22(25-15-24-21)27-7-9-28(10-8-27)32(29,30)18-2-3-19-17(13-18)5-11-31-19/h2-4,6,12-15H,5,7-11H2,1H3,(H,23,24,25,26). The number of piperazine rings is 1. The summed E-state index contributed by atoms with van der Waals surface area (Å²) in [6.07, 6.45) is 3.99. The summed E-state index contributed by atoms with van der Waals surface area (Å²) in [5, 5.41) is 3.19. The number of nitrogens with one attached hydrogen (secondary N) is 1. The average Bonchev–Trinajstić information content (AvgIpc) is 3.27. The molecule has 1 aromatic carbocycles. The van der Waals surface area contributed by atoms with Crippen molar-refractivity contribution in [3.8, 4) is 5.75 Å². The second-order valence-corrected chi connectivity index (χ2v) is 9.80. The maximum Gasteiger partial charge on any atom is 0.243 e. The van der Waals surface area contributed by atoms with Crippen LogP contribution in [0.2, 0.25) is 0 Å². The van der Waals surface area contributed by atoms with Gasteiger partial charge >= 0.3 is 0 Å². The van der Waals surface area contributed by atoms with Crippen LogP contribution in [0.5, 0.6) is 5.75 Å². The van der Waals surface area contributed by atoms with E-state index in [2.05, 4.69) is 25.2 Å². The van der Waals surface area contributed by atoms with Crippen molar-refractivity contribution in [1.29, 1.82) is 0 Å². The van der Waals surface area contributed by atoms with Crippen LogP contribution in [-0.2, 0) is 16.4 Å². The van der Waals surface area contributed by atoms with Crippen molar-refractivity contribution in [2.75, 3.05) is 43.0 Å². The van der Waals surface area contributed by atoms with Crippen molar-refractivity contribution in [3.05, 3.63) is 60.0 Å². The third-order valence-corrected chi connectivity index (χ3v) is 7.58. The minimum absolute atomic E-state index is 0.328. The molecular formula is C22H24N6O3S. The monoisotopic (exact) mass is 452 g/mol. The molecule has 1 N–H and O–H groups in total. The Hall–Kier alpha value is -3.24. The predicted molar refractivity (Wildman–Crippen MR) is 121 cm³/mol. The Morgan fingerprint density at radius 1 is 0.969 bits per heavy atom. The van der Waals surface area contributed by atoms with Crippen molar-refractivity contribution >= 4 is 27.5 Å². The number of rotatable bonds is 5. The molecule has 2 aliphatic heterocycles. The molecule has 0 saturated carbocycles. The van der Waals surface area contributed by atoms with Gasteiger partial charge in [0.15, 0.2) is 0 Å². The smallest absolute Gasteiger partial charge is 0.243 e. The summed E-state index contributed by atoms with van der Waals surface area (Å²) in [7, 11) is -3.54. The molecule has 2 aliphatic rings. The van der Waals surface area contributed by atoms with E-state index in [-0.39, 0.29) is 0 Å². The van der Waals surface area contributed by atoms with Crippen LogP contribution in [0.15, 0.2) is 53.8 Å². The highest BCUT2D eigenvalue weighted by Crippen LogP contribution is 2.29. The van der Waals surface area contributed by atoms with Crippen molar-refractivity contribution in [1.82, 2.24) is 19.3 Å². The van der Waals surface area contributed by atoms with E-state index in [0.29, 0.717) is 49.3 Å². The maximum atomic E-state index is 13.1. The molecule has 3 aromatic rings. The number of aromatic nitrogens is 3. The van der Waals surface area contributed by atoms with Crippen LogP contribution in [0, 0.1) is 6.92 Å². The van der Waals surface area contributed by atoms with Gasteiger partial charge in [-0.25, -0.2) is 23.4 Å². The number of ether oxygens (including phenoxy) is 1. The number of anilines is 3. The van der Waals surface area contributed by atoms with Crippen LogP contribution >= 0.6 is 0 Å². The molecule has 10 heteroatoms. The fraction of sp³-hybridized carbons (Fsp3) is 0.318. The van der Waals surface area contributed by atoms with Gasteiger partial charge in [0, 0.05) is 44.9 Å². The van der Waals surface area contributed by atoms with Crippen molar-refractivity contribution in [2.45, 2.75) is 18.2 Å². The molecule has 0 amide bonds. The summed E-state index contributed by atoms with van der Waals surface area (Å²) in [5.74, 6) is 2.89. The van der Waals surface area contributed by atoms with E-state index in [1.807, 2.05) is 25.1 Å². The summed E-state index contributed by atoms with van der Waals surface area (Å²) in [5.41, 5.74) is 2.05. The molecule has 0 bridgehead atoms. The van der Waals surface area contributed by atoms with Gasteiger partial charge in [0.2, 0.25) is 10.0 Å². The highest BCUT2D eigenvalue weighted by atomic mass is 32.2. The van der Waals surface area contributed by atoms with Gasteiger partial charge < -0.3 is 15.0 Å². The molecule has 166 valence electrons. The van der Waals surface area contributed by atoms with Gasteiger partial charge in [-0.05, 0) is 48.4 Å². The lowest BCUT2D eigenvalue weighted by atomic mass is 10.2. The molecule has 0 unspecified atom stereocenters. The molecule has 9 nitrogen and oxygen atoms in total. The topological polar surface area (TPSA) is 101 Å². The van der Waals surface area contributed by atoms with Gasteiger partial charge in [0.05, 0.1) is 11.5 Å². The number of nitrogens with zero attached hydrogens (tertiary/aromatic N) is 5. The van der Waals surface area contributed by atoms with Gasteiger partial charge in [-0.2, -0.15) is 4.31 Å². The molecular weight excluding hydrogens is 428 g/mol. The largest absolute Gasteiger partial charge is 0.493 e. The zero-order valence-corrected chi connectivity index (χ0v) is 18.5. The van der Waals surface area contributed by atoms with Gasteiger partial charge in [-0.15, -0.1) is 0 Å². The highest BCUT2D eigenvalue weighted by molar-refractivity contribution is 7.89. The maximum absolute atomic E-state index is 13.1. The van der Waals surface area contributed by atoms with Crippen LogP contribution in [-0.4, -0.2) is 60.5 Å². The first-order valence-corrected chi connectivity index (χ1v) is 12.0. The number of benzene rings is 1. The van der Waals surface area contributed by atoms with Gasteiger partial charge in [-0.1, -0.05) is 0 Å². The number of aryl methyl sites for hydroxylation is 1. The molecule has 1 saturated heterocycles. The second-order valence-electron chi connectivity index (χ2n) is 7.86. The van der Waals surface area contributed by atoms with E-state index < -0.39 is 10.0 Å². The molecule has 0 aliphatic carbocycles. The molecule has 0 atom stereocenters. The van der Waals surface area contributed by atoms with Crippen LogP contribution in [0.1, 0.15) is 11.1 Å². The number of fused-ring (bicyclic) bond motifs is 1. The first-order valence-electron chi connectivity index (χ1n) is 10.5. The van der Waals surface area contributed by atoms with E-state index in [1.54, 1.807) is 24.4 Å². The number of hydrogen-bond donors (Lipinski definition) is 1. The number of sulfonamides is 1. The van der Waals surface area contributed by atoms with Gasteiger partial charge in [-0.3, -0.25) is 0 Å². The van der Waals surface area contributed by atoms with E-state index in [4.69, 9.17) is 4.74 Å². The van der Waals surface area contributed by atoms with E-state index >= 15 is 0 Å².